The molecule has 2 aliphatic heterocycles. The van der Waals surface area contributed by atoms with Crippen molar-refractivity contribution in [1.82, 2.24) is 9.88 Å². The fraction of sp³-hybridized carbons (Fsp3) is 0.429. The lowest BCUT2D eigenvalue weighted by Gasteiger charge is -2.41. The van der Waals surface area contributed by atoms with E-state index in [4.69, 9.17) is 28.6 Å². The van der Waals surface area contributed by atoms with E-state index in [1.54, 1.807) is 24.4 Å². The van der Waals surface area contributed by atoms with Crippen LogP contribution in [0.4, 0.5) is 13.2 Å². The van der Waals surface area contributed by atoms with Crippen LogP contribution in [0.5, 0.6) is 5.75 Å². The van der Waals surface area contributed by atoms with Crippen molar-refractivity contribution < 1.29 is 39.7 Å². The van der Waals surface area contributed by atoms with Gasteiger partial charge in [0.15, 0.2) is 0 Å². The Hall–Kier alpha value is -2.40. The van der Waals surface area contributed by atoms with Gasteiger partial charge in [-0.3, -0.25) is 14.5 Å². The number of halogens is 4. The molecule has 0 aliphatic carbocycles. The summed E-state index contributed by atoms with van der Waals surface area (Å²) in [5, 5.41) is 0.0504. The van der Waals surface area contributed by atoms with Crippen molar-refractivity contribution in [2.24, 2.45) is 0 Å². The Morgan fingerprint density at radius 1 is 1.34 bits per heavy atom. The van der Waals surface area contributed by atoms with Crippen LogP contribution in [0, 0.1) is 0 Å². The summed E-state index contributed by atoms with van der Waals surface area (Å²) in [4.78, 5) is 18.9. The van der Waals surface area contributed by atoms with Crippen LogP contribution in [0.3, 0.4) is 0 Å². The highest BCUT2D eigenvalue weighted by Gasteiger charge is 2.52. The van der Waals surface area contributed by atoms with Crippen LogP contribution in [-0.2, 0) is 19.8 Å². The average Bonchev–Trinajstić information content (AvgIpc) is 3.07. The number of aromatic nitrogens is 1. The maximum Gasteiger partial charge on any atom is 0.522 e. The predicted molar refractivity (Wildman–Crippen MR) is 106 cm³/mol. The second kappa shape index (κ2) is 9.22. The zero-order chi connectivity index (χ0) is 24.6. The third-order valence-electron chi connectivity index (χ3n) is 5.24. The summed E-state index contributed by atoms with van der Waals surface area (Å²) >= 11 is 6.15. The number of benzene rings is 1. The molecule has 1 amide bonds. The second-order valence-electron chi connectivity index (χ2n) is 7.19. The van der Waals surface area contributed by atoms with Crippen molar-refractivity contribution in [2.75, 3.05) is 33.0 Å². The monoisotopic (exact) mass is 474 g/mol. The molecule has 2 fully saturated rings. The zero-order valence-corrected chi connectivity index (χ0v) is 17.4. The molecule has 1 aromatic carbocycles. The Morgan fingerprint density at radius 2 is 2.19 bits per heavy atom. The lowest BCUT2D eigenvalue weighted by Crippen LogP contribution is -2.53. The predicted octanol–water partition coefficient (Wildman–Crippen LogP) is 3.76. The summed E-state index contributed by atoms with van der Waals surface area (Å²) in [6.45, 7) is -3.12. The van der Waals surface area contributed by atoms with Gasteiger partial charge in [-0.2, -0.15) is 0 Å². The van der Waals surface area contributed by atoms with Gasteiger partial charge in [-0.05, 0) is 30.3 Å². The van der Waals surface area contributed by atoms with Crippen LogP contribution in [0.25, 0.3) is 0 Å². The molecule has 4 rings (SSSR count). The average molecular weight is 475 g/mol. The number of pyridine rings is 1. The maximum atomic E-state index is 13.1. The Balaban J connectivity index is 1.44. The number of ether oxygens (including phenoxy) is 4. The van der Waals surface area contributed by atoms with Crippen molar-refractivity contribution in [3.05, 3.63) is 58.9 Å². The van der Waals surface area contributed by atoms with Crippen molar-refractivity contribution in [3.8, 4) is 5.75 Å². The van der Waals surface area contributed by atoms with Crippen LogP contribution >= 0.6 is 11.6 Å². The summed E-state index contributed by atoms with van der Waals surface area (Å²) < 4.78 is 72.0. The van der Waals surface area contributed by atoms with Crippen molar-refractivity contribution in [1.29, 1.82) is 0 Å². The SMILES string of the molecule is [2H]C1([2H])OC2CN(C(=O)c3ccc(OCCOC(F)(F)F)c(Cl)c3)CCC2(c2ccccn2)O1. The number of piperidine rings is 1. The molecule has 11 heteroatoms. The largest absolute Gasteiger partial charge is 0.522 e. The van der Waals surface area contributed by atoms with E-state index in [1.165, 1.54) is 23.1 Å². The maximum absolute atomic E-state index is 13.1. The minimum absolute atomic E-state index is 0.0504. The number of fused-ring (bicyclic) bond motifs is 1. The van der Waals surface area contributed by atoms with E-state index in [-0.39, 0.29) is 48.4 Å². The molecule has 2 atom stereocenters. The molecule has 0 radical (unpaired) electrons. The van der Waals surface area contributed by atoms with Crippen LogP contribution in [0.1, 0.15) is 25.2 Å². The van der Waals surface area contributed by atoms with Crippen LogP contribution in [0.2, 0.25) is 5.02 Å². The minimum atomic E-state index is -4.75. The molecule has 2 aromatic rings. The van der Waals surface area contributed by atoms with E-state index in [0.29, 0.717) is 5.69 Å². The fourth-order valence-corrected chi connectivity index (χ4v) is 3.93. The summed E-state index contributed by atoms with van der Waals surface area (Å²) in [7, 11) is 0. The first kappa shape index (κ1) is 20.2. The van der Waals surface area contributed by atoms with Gasteiger partial charge in [-0.25, -0.2) is 0 Å². The number of carbonyl (C=O) groups excluding carboxylic acids is 1. The van der Waals surface area contributed by atoms with Gasteiger partial charge < -0.3 is 19.1 Å². The van der Waals surface area contributed by atoms with E-state index < -0.39 is 31.4 Å². The number of alkyl halides is 3. The molecule has 7 nitrogen and oxygen atoms in total. The number of carbonyl (C=O) groups is 1. The van der Waals surface area contributed by atoms with E-state index in [0.717, 1.165) is 0 Å². The molecular weight excluding hydrogens is 453 g/mol. The van der Waals surface area contributed by atoms with E-state index in [1.807, 2.05) is 0 Å². The van der Waals surface area contributed by atoms with Gasteiger partial charge in [0.2, 0.25) is 0 Å². The minimum Gasteiger partial charge on any atom is -0.490 e. The number of likely N-dealkylation sites (tertiary alicyclic amines) is 1. The number of amides is 1. The van der Waals surface area contributed by atoms with Crippen molar-refractivity contribution >= 4 is 17.5 Å². The molecule has 32 heavy (non-hydrogen) atoms. The van der Waals surface area contributed by atoms with Gasteiger partial charge in [-0.1, -0.05) is 17.7 Å². The number of hydrogen-bond acceptors (Lipinski definition) is 6. The van der Waals surface area contributed by atoms with Crippen LogP contribution < -0.4 is 4.74 Å². The number of hydrogen-bond donors (Lipinski definition) is 0. The second-order valence-corrected chi connectivity index (χ2v) is 7.59. The van der Waals surface area contributed by atoms with Gasteiger partial charge in [-0.15, -0.1) is 13.2 Å². The molecule has 3 heterocycles. The highest BCUT2D eigenvalue weighted by atomic mass is 35.5. The summed E-state index contributed by atoms with van der Waals surface area (Å²) in [6, 6.07) is 9.42. The Labute approximate surface area is 189 Å². The third-order valence-corrected chi connectivity index (χ3v) is 5.54. The molecule has 1 aromatic heterocycles. The van der Waals surface area contributed by atoms with E-state index in [9.17, 15) is 18.0 Å². The highest BCUT2D eigenvalue weighted by Crippen LogP contribution is 2.42. The smallest absolute Gasteiger partial charge is 0.490 e. The molecule has 2 saturated heterocycles. The molecular formula is C21H20ClF3N2O5. The van der Waals surface area contributed by atoms with Gasteiger partial charge in [0, 0.05) is 24.7 Å². The summed E-state index contributed by atoms with van der Waals surface area (Å²) in [5.41, 5.74) is -0.376. The van der Waals surface area contributed by atoms with Crippen molar-refractivity contribution in [3.63, 3.8) is 0 Å². The topological polar surface area (TPSA) is 70.1 Å². The van der Waals surface area contributed by atoms with E-state index >= 15 is 0 Å². The molecule has 172 valence electrons. The first-order valence-electron chi connectivity index (χ1n) is 10.7. The van der Waals surface area contributed by atoms with Gasteiger partial charge in [0.05, 0.1) is 26.6 Å². The Morgan fingerprint density at radius 3 is 2.91 bits per heavy atom. The molecule has 2 unspecified atom stereocenters. The number of nitrogens with zero attached hydrogens (tertiary/aromatic N) is 2. The van der Waals surface area contributed by atoms with Crippen molar-refractivity contribution in [2.45, 2.75) is 24.5 Å². The first-order chi connectivity index (χ1) is 16.0. The van der Waals surface area contributed by atoms with Crippen LogP contribution in [-0.4, -0.2) is 61.3 Å². The van der Waals surface area contributed by atoms with Gasteiger partial charge in [0.1, 0.15) is 30.8 Å². The molecule has 0 spiro atoms. The quantitative estimate of drug-likeness (QED) is 0.594. The Bertz CT molecular complexity index is 1050. The Kier molecular flexibility index (Phi) is 5.83. The molecule has 0 N–H and O–H groups in total. The number of rotatable bonds is 6. The molecule has 0 saturated carbocycles. The van der Waals surface area contributed by atoms with Gasteiger partial charge >= 0.3 is 6.36 Å². The standard InChI is InChI=1S/C21H20ClF3N2O5/c22-15-11-14(4-5-16(15)29-9-10-31-21(23,24)25)19(28)27-8-6-20(17-3-1-2-7-26-17)18(12-27)30-13-32-20/h1-5,7,11,18H,6,8-10,12-13H2/i13D2. The zero-order valence-electron chi connectivity index (χ0n) is 18.6. The lowest BCUT2D eigenvalue weighted by atomic mass is 9.85. The molecule has 2 aliphatic rings. The highest BCUT2D eigenvalue weighted by molar-refractivity contribution is 6.32. The normalized spacial score (nSPS) is 25.6. The summed E-state index contributed by atoms with van der Waals surface area (Å²) in [5.74, 6) is -0.267. The first-order valence-corrected chi connectivity index (χ1v) is 10.1. The molecule has 0 bridgehead atoms. The third kappa shape index (κ3) is 4.83. The fourth-order valence-electron chi connectivity index (χ4n) is 3.69. The van der Waals surface area contributed by atoms with E-state index in [2.05, 4.69) is 9.72 Å². The van der Waals surface area contributed by atoms with Gasteiger partial charge in [0.25, 0.3) is 5.91 Å². The van der Waals surface area contributed by atoms with Crippen LogP contribution in [0.15, 0.2) is 42.6 Å². The summed E-state index contributed by atoms with van der Waals surface area (Å²) in [6.07, 6.45) is -3.70. The lowest BCUT2D eigenvalue weighted by molar-refractivity contribution is -0.325.